The lowest BCUT2D eigenvalue weighted by molar-refractivity contribution is 2.03. The van der Waals surface area contributed by atoms with E-state index in [2.05, 4.69) is 0 Å². The second-order valence-corrected chi connectivity index (χ2v) is 0.962. The fraction of sp³-hybridized carbons (Fsp3) is 0. The first-order valence-electron chi connectivity index (χ1n) is 1.67. The van der Waals surface area contributed by atoms with Crippen LogP contribution in [0.2, 0.25) is 0 Å². The summed E-state index contributed by atoms with van der Waals surface area (Å²) in [6.45, 7) is 0. The highest BCUT2D eigenvalue weighted by Crippen LogP contribution is 1.79. The van der Waals surface area contributed by atoms with Crippen molar-refractivity contribution < 1.29 is 0 Å². The predicted octanol–water partition coefficient (Wildman–Crippen LogP) is 1.83. The molecule has 0 fully saturated rings. The minimum absolute atomic E-state index is 0. The molecule has 1 rings (SSSR count). The van der Waals surface area contributed by atoms with E-state index in [0.29, 0.717) is 0 Å². The molecule has 0 saturated carbocycles. The van der Waals surface area contributed by atoms with Crippen molar-refractivity contribution in [2.45, 2.75) is 0 Å². The quantitative estimate of drug-likeness (QED) is 0.438. The fourth-order valence-corrected chi connectivity index (χ4v) is 0.321. The topological polar surface area (TPSA) is 0 Å². The molecule has 0 atom stereocenters. The summed E-state index contributed by atoms with van der Waals surface area (Å²) in [7, 11) is 0. The third kappa shape index (κ3) is 1.18. The standard InChI is InChI=1S/C5H5.ClH/c1-2-4-5-3-1;/h1-5H;1H/q-1;. The average molecular weight is 102 g/mol. The summed E-state index contributed by atoms with van der Waals surface area (Å²) in [4.78, 5) is 0. The van der Waals surface area contributed by atoms with Crippen LogP contribution < -0.4 is 0 Å². The normalized spacial score (nSPS) is 6.67. The van der Waals surface area contributed by atoms with Gasteiger partial charge in [0.25, 0.3) is 0 Å². The maximum absolute atomic E-state index is 2.00. The first-order chi connectivity index (χ1) is 2.50. The molecule has 0 aliphatic rings. The summed E-state index contributed by atoms with van der Waals surface area (Å²) >= 11 is 0. The molecule has 0 bridgehead atoms. The van der Waals surface area contributed by atoms with Gasteiger partial charge < -0.3 is 0 Å². The number of hydrogen-bond acceptors (Lipinski definition) is 0. The zero-order chi connectivity index (χ0) is 3.54. The molecule has 6 heavy (non-hydrogen) atoms. The maximum Gasteiger partial charge on any atom is -0.147 e. The molecule has 0 aliphatic carbocycles. The Kier molecular flexibility index (Phi) is 2.68. The monoisotopic (exact) mass is 101 g/mol. The molecule has 1 aromatic carbocycles. The number of hydrogen-bond donors (Lipinski definition) is 0. The van der Waals surface area contributed by atoms with Gasteiger partial charge >= 0.3 is 0 Å². The number of halogens is 1. The van der Waals surface area contributed by atoms with E-state index in [0.717, 1.165) is 0 Å². The van der Waals surface area contributed by atoms with Gasteiger partial charge in [0.05, 0.1) is 0 Å². The van der Waals surface area contributed by atoms with E-state index in [4.69, 9.17) is 0 Å². The third-order valence-electron chi connectivity index (χ3n) is 0.556. The molecule has 0 N–H and O–H groups in total. The molecule has 0 unspecified atom stereocenters. The van der Waals surface area contributed by atoms with Crippen LogP contribution in [0.4, 0.5) is 0 Å². The maximum atomic E-state index is 2.00. The van der Waals surface area contributed by atoms with Gasteiger partial charge in [-0.15, -0.1) is 12.4 Å². The highest BCUT2D eigenvalue weighted by atomic mass is 35.5. The van der Waals surface area contributed by atoms with Crippen molar-refractivity contribution in [3.05, 3.63) is 30.3 Å². The van der Waals surface area contributed by atoms with Crippen molar-refractivity contribution in [2.24, 2.45) is 0 Å². The van der Waals surface area contributed by atoms with E-state index in [1.807, 2.05) is 30.3 Å². The minimum atomic E-state index is 0. The molecule has 1 aromatic rings. The van der Waals surface area contributed by atoms with Gasteiger partial charge in [-0.1, -0.05) is 0 Å². The fourth-order valence-electron chi connectivity index (χ4n) is 0.321. The molecule has 34 valence electrons. The zero-order valence-electron chi connectivity index (χ0n) is 3.29. The van der Waals surface area contributed by atoms with Crippen LogP contribution in [0.25, 0.3) is 0 Å². The van der Waals surface area contributed by atoms with Crippen LogP contribution in [0.1, 0.15) is 0 Å². The van der Waals surface area contributed by atoms with E-state index in [-0.39, 0.29) is 12.4 Å². The van der Waals surface area contributed by atoms with Gasteiger partial charge in [-0.25, -0.2) is 12.1 Å². The minimum Gasteiger partial charge on any atom is -0.214 e. The Labute approximate surface area is 43.6 Å². The molecule has 1 heteroatoms. The molecule has 0 heterocycles. The van der Waals surface area contributed by atoms with Crippen LogP contribution in [0.5, 0.6) is 0 Å². The van der Waals surface area contributed by atoms with E-state index in [1.54, 1.807) is 0 Å². The predicted molar refractivity (Wildman–Crippen MR) is 29.3 cm³/mol. The summed E-state index contributed by atoms with van der Waals surface area (Å²) in [6, 6.07) is 10.0. The van der Waals surface area contributed by atoms with Gasteiger partial charge in [0.1, 0.15) is 0 Å². The average Bonchev–Trinajstić information content (AvgIpc) is 1.76. The Morgan fingerprint density at radius 3 is 1.67 bits per heavy atom. The number of rotatable bonds is 0. The molecule has 0 saturated heterocycles. The SMILES string of the molecule is Cl.c1cc[cH-]c1. The van der Waals surface area contributed by atoms with Gasteiger partial charge in [-0.2, -0.15) is 18.2 Å². The summed E-state index contributed by atoms with van der Waals surface area (Å²) in [5, 5.41) is 0. The molecular weight excluding hydrogens is 95.5 g/mol. The van der Waals surface area contributed by atoms with Crippen molar-refractivity contribution >= 4 is 12.4 Å². The van der Waals surface area contributed by atoms with E-state index < -0.39 is 0 Å². The Hall–Kier alpha value is -0.360. The van der Waals surface area contributed by atoms with E-state index >= 15 is 0 Å². The van der Waals surface area contributed by atoms with Gasteiger partial charge in [0, 0.05) is 0 Å². The van der Waals surface area contributed by atoms with Crippen molar-refractivity contribution in [1.82, 2.24) is 0 Å². The first-order valence-corrected chi connectivity index (χ1v) is 1.67. The van der Waals surface area contributed by atoms with Gasteiger partial charge in [-0.3, -0.25) is 0 Å². The highest BCUT2D eigenvalue weighted by Gasteiger charge is 1.44. The lowest BCUT2D eigenvalue weighted by atomic mass is 10.7. The Bertz CT molecular complexity index is 60.4. The molecule has 0 nitrogen and oxygen atoms in total. The largest absolute Gasteiger partial charge is 0.214 e. The van der Waals surface area contributed by atoms with E-state index in [9.17, 15) is 0 Å². The summed E-state index contributed by atoms with van der Waals surface area (Å²) in [5.41, 5.74) is 0. The lowest BCUT2D eigenvalue weighted by Gasteiger charge is -1.53. The van der Waals surface area contributed by atoms with Gasteiger partial charge in [0.15, 0.2) is 0 Å². The smallest absolute Gasteiger partial charge is 0.147 e. The molecule has 0 aliphatic heterocycles. The molecule has 0 amide bonds. The van der Waals surface area contributed by atoms with Gasteiger partial charge in [-0.05, 0) is 0 Å². The second kappa shape index (κ2) is 2.86. The van der Waals surface area contributed by atoms with Crippen molar-refractivity contribution in [2.75, 3.05) is 0 Å². The Balaban J connectivity index is 0.000000250. The Morgan fingerprint density at radius 1 is 1.00 bits per heavy atom. The van der Waals surface area contributed by atoms with Crippen molar-refractivity contribution in [3.63, 3.8) is 0 Å². The first kappa shape index (κ1) is 5.64. The highest BCUT2D eigenvalue weighted by molar-refractivity contribution is 5.85. The summed E-state index contributed by atoms with van der Waals surface area (Å²) in [6.07, 6.45) is 0. The van der Waals surface area contributed by atoms with Crippen LogP contribution >= 0.6 is 12.4 Å². The molecule has 0 spiro atoms. The van der Waals surface area contributed by atoms with Crippen LogP contribution in [0.3, 0.4) is 0 Å². The second-order valence-electron chi connectivity index (χ2n) is 0.962. The third-order valence-corrected chi connectivity index (χ3v) is 0.556. The van der Waals surface area contributed by atoms with Crippen LogP contribution in [-0.2, 0) is 0 Å². The van der Waals surface area contributed by atoms with E-state index in [1.165, 1.54) is 0 Å². The van der Waals surface area contributed by atoms with Crippen LogP contribution in [0, 0.1) is 0 Å². The Morgan fingerprint density at radius 2 is 1.50 bits per heavy atom. The zero-order valence-corrected chi connectivity index (χ0v) is 4.11. The van der Waals surface area contributed by atoms with Crippen molar-refractivity contribution in [1.29, 1.82) is 0 Å². The molecule has 0 aromatic heterocycles. The van der Waals surface area contributed by atoms with Crippen LogP contribution in [-0.4, -0.2) is 0 Å². The molecular formula is C5H6Cl-. The lowest BCUT2D eigenvalue weighted by Crippen LogP contribution is -1.16. The summed E-state index contributed by atoms with van der Waals surface area (Å²) in [5.74, 6) is 0. The van der Waals surface area contributed by atoms with Crippen LogP contribution in [0.15, 0.2) is 30.3 Å². The van der Waals surface area contributed by atoms with Crippen molar-refractivity contribution in [3.8, 4) is 0 Å². The van der Waals surface area contributed by atoms with Gasteiger partial charge in [0.2, 0.25) is 0 Å². The molecule has 0 radical (unpaired) electrons. The summed E-state index contributed by atoms with van der Waals surface area (Å²) < 4.78 is 0.